The molecule has 1 aromatic rings. The highest BCUT2D eigenvalue weighted by molar-refractivity contribution is 5.34. The number of hydrogen-bond acceptors (Lipinski definition) is 1. The molecule has 1 rings (SSSR count). The normalized spacial score (nSPS) is 8.62. The molecule has 0 N–H and O–H groups in total. The number of pyridine rings is 1. The molecule has 0 aliphatic carbocycles. The first-order valence-corrected chi connectivity index (χ1v) is 5.81. The molecular formula is C15H17N. The molecule has 0 aliphatic heterocycles. The highest BCUT2D eigenvalue weighted by Crippen LogP contribution is 1.97. The largest absolute Gasteiger partial charge is 0.231 e. The summed E-state index contributed by atoms with van der Waals surface area (Å²) in [4.78, 5) is 4.37. The zero-order chi connectivity index (χ0) is 11.6. The highest BCUT2D eigenvalue weighted by atomic mass is 14.7. The van der Waals surface area contributed by atoms with E-state index < -0.39 is 0 Å². The molecule has 0 radical (unpaired) electrons. The molecule has 0 spiro atoms. The van der Waals surface area contributed by atoms with E-state index in [-0.39, 0.29) is 0 Å². The summed E-state index contributed by atoms with van der Waals surface area (Å²) in [5.41, 5.74) is 1.63. The fraction of sp³-hybridized carbons (Fsp3) is 0.400. The summed E-state index contributed by atoms with van der Waals surface area (Å²) in [7, 11) is 0. The van der Waals surface area contributed by atoms with E-state index in [2.05, 4.69) is 42.5 Å². The van der Waals surface area contributed by atoms with Crippen LogP contribution in [0.3, 0.4) is 0 Å². The van der Waals surface area contributed by atoms with Crippen molar-refractivity contribution in [3.8, 4) is 23.7 Å². The Morgan fingerprint density at radius 3 is 1.88 bits per heavy atom. The van der Waals surface area contributed by atoms with Gasteiger partial charge in [-0.3, -0.25) is 0 Å². The Labute approximate surface area is 98.3 Å². The number of aromatic nitrogens is 1. The molecule has 0 aliphatic rings. The quantitative estimate of drug-likeness (QED) is 0.683. The monoisotopic (exact) mass is 211 g/mol. The molecular weight excluding hydrogens is 194 g/mol. The third-order valence-electron chi connectivity index (χ3n) is 1.93. The topological polar surface area (TPSA) is 12.9 Å². The van der Waals surface area contributed by atoms with Crippen LogP contribution in [0.5, 0.6) is 0 Å². The van der Waals surface area contributed by atoms with Crippen LogP contribution in [0.2, 0.25) is 0 Å². The number of hydrogen-bond donors (Lipinski definition) is 0. The van der Waals surface area contributed by atoms with Gasteiger partial charge in [-0.15, -0.1) is 0 Å². The van der Waals surface area contributed by atoms with Crippen molar-refractivity contribution in [2.45, 2.75) is 39.5 Å². The summed E-state index contributed by atoms with van der Waals surface area (Å²) in [6.07, 6.45) is 4.02. The van der Waals surface area contributed by atoms with Gasteiger partial charge in [0.15, 0.2) is 0 Å². The van der Waals surface area contributed by atoms with Crippen LogP contribution in [0, 0.1) is 23.7 Å². The molecule has 1 nitrogen and oxygen atoms in total. The lowest BCUT2D eigenvalue weighted by molar-refractivity contribution is 0.982. The second-order valence-corrected chi connectivity index (χ2v) is 3.51. The average molecular weight is 211 g/mol. The van der Waals surface area contributed by atoms with Gasteiger partial charge in [-0.1, -0.05) is 31.8 Å². The Bertz CT molecular complexity index is 398. The lowest BCUT2D eigenvalue weighted by Crippen LogP contribution is -1.86. The van der Waals surface area contributed by atoms with Crippen LogP contribution in [-0.4, -0.2) is 4.98 Å². The first-order valence-electron chi connectivity index (χ1n) is 5.81. The van der Waals surface area contributed by atoms with Crippen molar-refractivity contribution >= 4 is 0 Å². The number of rotatable bonds is 2. The summed E-state index contributed by atoms with van der Waals surface area (Å²) >= 11 is 0. The highest BCUT2D eigenvalue weighted by Gasteiger charge is 1.90. The van der Waals surface area contributed by atoms with Crippen molar-refractivity contribution in [2.75, 3.05) is 0 Å². The number of unbranched alkanes of at least 4 members (excludes halogenated alkanes) is 2. The maximum absolute atomic E-state index is 4.37. The first-order chi connectivity index (χ1) is 7.86. The van der Waals surface area contributed by atoms with Crippen LogP contribution in [0.25, 0.3) is 0 Å². The van der Waals surface area contributed by atoms with Crippen LogP contribution < -0.4 is 0 Å². The van der Waals surface area contributed by atoms with E-state index >= 15 is 0 Å². The average Bonchev–Trinajstić information content (AvgIpc) is 2.30. The molecule has 0 atom stereocenters. The Morgan fingerprint density at radius 2 is 1.44 bits per heavy atom. The van der Waals surface area contributed by atoms with E-state index in [4.69, 9.17) is 0 Å². The lowest BCUT2D eigenvalue weighted by Gasteiger charge is -1.91. The van der Waals surface area contributed by atoms with E-state index in [0.29, 0.717) is 0 Å². The molecule has 16 heavy (non-hydrogen) atoms. The summed E-state index contributed by atoms with van der Waals surface area (Å²) in [6.45, 7) is 4.24. The van der Waals surface area contributed by atoms with Crippen LogP contribution in [0.4, 0.5) is 0 Å². The molecule has 0 amide bonds. The third-order valence-corrected chi connectivity index (χ3v) is 1.93. The fourth-order valence-electron chi connectivity index (χ4n) is 1.13. The Morgan fingerprint density at radius 1 is 0.938 bits per heavy atom. The second-order valence-electron chi connectivity index (χ2n) is 3.51. The van der Waals surface area contributed by atoms with Gasteiger partial charge in [-0.05, 0) is 36.8 Å². The summed E-state index contributed by atoms with van der Waals surface area (Å²) in [5.74, 6) is 12.3. The number of nitrogens with zero attached hydrogens (tertiary/aromatic N) is 1. The molecule has 1 heterocycles. The summed E-state index contributed by atoms with van der Waals surface area (Å²) in [5, 5.41) is 0. The van der Waals surface area contributed by atoms with Gasteiger partial charge >= 0.3 is 0 Å². The Hall–Kier alpha value is -1.73. The molecule has 0 fully saturated rings. The lowest BCUT2D eigenvalue weighted by atomic mass is 10.2. The first kappa shape index (κ1) is 12.3. The van der Waals surface area contributed by atoms with Crippen LogP contribution >= 0.6 is 0 Å². The maximum atomic E-state index is 4.37. The molecule has 1 aromatic heterocycles. The van der Waals surface area contributed by atoms with E-state index in [1.165, 1.54) is 0 Å². The van der Waals surface area contributed by atoms with Crippen molar-refractivity contribution in [3.05, 3.63) is 29.6 Å². The van der Waals surface area contributed by atoms with Gasteiger partial charge in [0.25, 0.3) is 0 Å². The molecule has 0 bridgehead atoms. The summed E-state index contributed by atoms with van der Waals surface area (Å²) < 4.78 is 0. The standard InChI is InChI=1S/C15H17N/c1-3-5-7-10-14-12-9-13-15(16-14)11-8-6-4-2/h9,12-13H,3-6H2,1-2H3. The van der Waals surface area contributed by atoms with E-state index in [9.17, 15) is 0 Å². The molecule has 0 unspecified atom stereocenters. The van der Waals surface area contributed by atoms with Gasteiger partial charge < -0.3 is 0 Å². The smallest absolute Gasteiger partial charge is 0.114 e. The van der Waals surface area contributed by atoms with Crippen LogP contribution in [0.1, 0.15) is 50.9 Å². The van der Waals surface area contributed by atoms with Crippen molar-refractivity contribution < 1.29 is 0 Å². The van der Waals surface area contributed by atoms with Gasteiger partial charge in [0, 0.05) is 12.8 Å². The van der Waals surface area contributed by atoms with Gasteiger partial charge in [-0.2, -0.15) is 0 Å². The molecule has 1 heteroatoms. The predicted octanol–water partition coefficient (Wildman–Crippen LogP) is 3.38. The SMILES string of the molecule is CCCC#Cc1cccc(C#CCCC)n1. The minimum Gasteiger partial charge on any atom is -0.231 e. The molecule has 0 saturated carbocycles. The van der Waals surface area contributed by atoms with Crippen molar-refractivity contribution in [3.63, 3.8) is 0 Å². The van der Waals surface area contributed by atoms with Gasteiger partial charge in [0.2, 0.25) is 0 Å². The van der Waals surface area contributed by atoms with Crippen molar-refractivity contribution in [2.24, 2.45) is 0 Å². The van der Waals surface area contributed by atoms with E-state index in [0.717, 1.165) is 37.1 Å². The van der Waals surface area contributed by atoms with Crippen LogP contribution in [-0.2, 0) is 0 Å². The van der Waals surface area contributed by atoms with Crippen molar-refractivity contribution in [1.29, 1.82) is 0 Å². The van der Waals surface area contributed by atoms with E-state index in [1.807, 2.05) is 18.2 Å². The Kier molecular flexibility index (Phi) is 5.82. The minimum atomic E-state index is 0.816. The Balaban J connectivity index is 2.73. The van der Waals surface area contributed by atoms with Crippen molar-refractivity contribution in [1.82, 2.24) is 4.98 Å². The van der Waals surface area contributed by atoms with Gasteiger partial charge in [0.1, 0.15) is 11.4 Å². The van der Waals surface area contributed by atoms with Gasteiger partial charge in [-0.25, -0.2) is 4.98 Å². The molecule has 82 valence electrons. The molecule has 0 aromatic carbocycles. The van der Waals surface area contributed by atoms with E-state index in [1.54, 1.807) is 0 Å². The fourth-order valence-corrected chi connectivity index (χ4v) is 1.13. The predicted molar refractivity (Wildman–Crippen MR) is 67.8 cm³/mol. The maximum Gasteiger partial charge on any atom is 0.114 e. The zero-order valence-corrected chi connectivity index (χ0v) is 10.0. The van der Waals surface area contributed by atoms with Crippen LogP contribution in [0.15, 0.2) is 18.2 Å². The van der Waals surface area contributed by atoms with Gasteiger partial charge in [0.05, 0.1) is 0 Å². The minimum absolute atomic E-state index is 0.816. The summed E-state index contributed by atoms with van der Waals surface area (Å²) in [6, 6.07) is 5.81. The third kappa shape index (κ3) is 4.67. The molecule has 0 saturated heterocycles. The second kappa shape index (κ2) is 7.55. The zero-order valence-electron chi connectivity index (χ0n) is 10.0.